The van der Waals surface area contributed by atoms with Crippen molar-refractivity contribution in [1.82, 2.24) is 0 Å². The van der Waals surface area contributed by atoms with Crippen molar-refractivity contribution in [2.75, 3.05) is 18.7 Å². The van der Waals surface area contributed by atoms with Crippen LogP contribution in [-0.4, -0.2) is 13.4 Å². The molecule has 4 aromatic carbocycles. The first-order chi connectivity index (χ1) is 15.3. The van der Waals surface area contributed by atoms with Gasteiger partial charge in [-0.15, -0.1) is 0 Å². The first-order valence-corrected chi connectivity index (χ1v) is 11.1. The highest BCUT2D eigenvalue weighted by Crippen LogP contribution is 2.52. The standard InChI is InChI=1S/C27H23NO3/c1-2-5-17-13-21-18(12-16(17)4-1)7-9-22-25(21)27-20(6-3-11-29-27)26(28-22)19-8-10-23-24(14-19)31-15-30-23/h1-2,4-5,7-10,12-14,20,26-28H,3,6,11,15H2/t20-,26-,27-/m0/s1. The molecule has 0 spiro atoms. The van der Waals surface area contributed by atoms with E-state index in [9.17, 15) is 0 Å². The highest BCUT2D eigenvalue weighted by molar-refractivity contribution is 6.01. The molecule has 4 heteroatoms. The van der Waals surface area contributed by atoms with Gasteiger partial charge in [0.05, 0.1) is 12.1 Å². The van der Waals surface area contributed by atoms with E-state index in [1.165, 1.54) is 38.4 Å². The largest absolute Gasteiger partial charge is 0.454 e. The average Bonchev–Trinajstić information content (AvgIpc) is 3.30. The van der Waals surface area contributed by atoms with Crippen molar-refractivity contribution in [3.05, 3.63) is 77.9 Å². The van der Waals surface area contributed by atoms with Crippen LogP contribution in [0.25, 0.3) is 21.5 Å². The molecule has 3 heterocycles. The summed E-state index contributed by atoms with van der Waals surface area (Å²) in [5, 5.41) is 8.98. The van der Waals surface area contributed by atoms with E-state index in [1.54, 1.807) is 0 Å². The number of anilines is 1. The molecule has 0 unspecified atom stereocenters. The molecule has 7 rings (SSSR count). The van der Waals surface area contributed by atoms with Gasteiger partial charge in [0.15, 0.2) is 11.5 Å². The van der Waals surface area contributed by atoms with E-state index in [2.05, 4.69) is 66.0 Å². The zero-order valence-corrected chi connectivity index (χ0v) is 17.1. The van der Waals surface area contributed by atoms with Crippen molar-refractivity contribution in [3.8, 4) is 11.5 Å². The molecule has 4 nitrogen and oxygen atoms in total. The Hall–Kier alpha value is -3.24. The second-order valence-corrected chi connectivity index (χ2v) is 8.78. The van der Waals surface area contributed by atoms with Gasteiger partial charge in [0.25, 0.3) is 0 Å². The van der Waals surface area contributed by atoms with Gasteiger partial charge in [-0.05, 0) is 70.3 Å². The van der Waals surface area contributed by atoms with Crippen LogP contribution in [0.5, 0.6) is 11.5 Å². The first-order valence-electron chi connectivity index (χ1n) is 11.1. The summed E-state index contributed by atoms with van der Waals surface area (Å²) >= 11 is 0. The predicted octanol–water partition coefficient (Wildman–Crippen LogP) is 6.36. The Bertz CT molecular complexity index is 1330. The van der Waals surface area contributed by atoms with Crippen LogP contribution in [0.2, 0.25) is 0 Å². The van der Waals surface area contributed by atoms with Crippen molar-refractivity contribution in [2.45, 2.75) is 25.0 Å². The molecule has 3 aliphatic heterocycles. The summed E-state index contributed by atoms with van der Waals surface area (Å²) in [6, 6.07) is 24.2. The molecule has 1 fully saturated rings. The van der Waals surface area contributed by atoms with Gasteiger partial charge < -0.3 is 19.5 Å². The van der Waals surface area contributed by atoms with Crippen LogP contribution < -0.4 is 14.8 Å². The highest BCUT2D eigenvalue weighted by Gasteiger charge is 2.41. The van der Waals surface area contributed by atoms with E-state index in [0.717, 1.165) is 30.9 Å². The molecular formula is C27H23NO3. The summed E-state index contributed by atoms with van der Waals surface area (Å²) in [6.45, 7) is 1.12. The minimum Gasteiger partial charge on any atom is -0.454 e. The molecule has 0 aromatic heterocycles. The summed E-state index contributed by atoms with van der Waals surface area (Å²) < 4.78 is 17.6. The lowest BCUT2D eigenvalue weighted by molar-refractivity contribution is -0.0372. The molecule has 0 bridgehead atoms. The smallest absolute Gasteiger partial charge is 0.231 e. The third kappa shape index (κ3) is 2.64. The molecule has 0 aliphatic carbocycles. The molecule has 31 heavy (non-hydrogen) atoms. The minimum atomic E-state index is 0.0882. The summed E-state index contributed by atoms with van der Waals surface area (Å²) in [5.74, 6) is 2.04. The van der Waals surface area contributed by atoms with Crippen LogP contribution in [0.3, 0.4) is 0 Å². The number of hydrogen-bond acceptors (Lipinski definition) is 4. The molecule has 0 amide bonds. The van der Waals surface area contributed by atoms with Gasteiger partial charge in [-0.1, -0.05) is 36.4 Å². The number of nitrogens with one attached hydrogen (secondary N) is 1. The van der Waals surface area contributed by atoms with Crippen LogP contribution in [-0.2, 0) is 4.74 Å². The second-order valence-electron chi connectivity index (χ2n) is 8.78. The van der Waals surface area contributed by atoms with Crippen molar-refractivity contribution in [1.29, 1.82) is 0 Å². The maximum absolute atomic E-state index is 6.48. The van der Waals surface area contributed by atoms with Gasteiger partial charge >= 0.3 is 0 Å². The van der Waals surface area contributed by atoms with E-state index < -0.39 is 0 Å². The monoisotopic (exact) mass is 409 g/mol. The Morgan fingerprint density at radius 3 is 2.61 bits per heavy atom. The summed E-state index contributed by atoms with van der Waals surface area (Å²) in [4.78, 5) is 0. The molecule has 1 N–H and O–H groups in total. The van der Waals surface area contributed by atoms with Crippen molar-refractivity contribution in [3.63, 3.8) is 0 Å². The number of benzene rings is 4. The van der Waals surface area contributed by atoms with E-state index in [4.69, 9.17) is 14.2 Å². The Morgan fingerprint density at radius 1 is 0.806 bits per heavy atom. The second kappa shape index (κ2) is 6.63. The zero-order chi connectivity index (χ0) is 20.4. The zero-order valence-electron chi connectivity index (χ0n) is 17.1. The first kappa shape index (κ1) is 17.4. The lowest BCUT2D eigenvalue weighted by Crippen LogP contribution is -2.36. The molecule has 3 atom stereocenters. The number of fused-ring (bicyclic) bond motifs is 7. The molecule has 4 aromatic rings. The van der Waals surface area contributed by atoms with Gasteiger partial charge in [0.2, 0.25) is 6.79 Å². The third-order valence-electron chi connectivity index (χ3n) is 7.08. The van der Waals surface area contributed by atoms with E-state index >= 15 is 0 Å². The van der Waals surface area contributed by atoms with Gasteiger partial charge in [-0.25, -0.2) is 0 Å². The highest BCUT2D eigenvalue weighted by atomic mass is 16.7. The fourth-order valence-electron chi connectivity index (χ4n) is 5.62. The molecule has 1 saturated heterocycles. The number of ether oxygens (including phenoxy) is 3. The molecular weight excluding hydrogens is 386 g/mol. The van der Waals surface area contributed by atoms with Crippen molar-refractivity contribution >= 4 is 27.2 Å². The lowest BCUT2D eigenvalue weighted by atomic mass is 9.76. The Labute approximate surface area is 180 Å². The van der Waals surface area contributed by atoms with Crippen LogP contribution in [0.1, 0.15) is 36.1 Å². The summed E-state index contributed by atoms with van der Waals surface area (Å²) in [5.41, 5.74) is 3.72. The van der Waals surface area contributed by atoms with Crippen LogP contribution >= 0.6 is 0 Å². The number of rotatable bonds is 1. The Morgan fingerprint density at radius 2 is 1.68 bits per heavy atom. The summed E-state index contributed by atoms with van der Waals surface area (Å²) in [7, 11) is 0. The maximum atomic E-state index is 6.48. The van der Waals surface area contributed by atoms with Gasteiger partial charge in [0, 0.05) is 23.8 Å². The Balaban J connectivity index is 1.40. The maximum Gasteiger partial charge on any atom is 0.231 e. The lowest BCUT2D eigenvalue weighted by Gasteiger charge is -2.44. The SMILES string of the molecule is c1ccc2cc3c4c(ccc3cc2c1)N[C@@H](c1ccc2c(c1)OCO2)[C@@H]1CCCO[C@H]41. The Kier molecular flexibility index (Phi) is 3.73. The minimum absolute atomic E-state index is 0.0882. The predicted molar refractivity (Wildman–Crippen MR) is 122 cm³/mol. The fourth-order valence-corrected chi connectivity index (χ4v) is 5.62. The normalized spacial score (nSPS) is 23.9. The average molecular weight is 409 g/mol. The molecule has 3 aliphatic rings. The van der Waals surface area contributed by atoms with E-state index in [0.29, 0.717) is 12.7 Å². The summed E-state index contributed by atoms with van der Waals surface area (Å²) in [6.07, 6.45) is 2.32. The van der Waals surface area contributed by atoms with Gasteiger partial charge in [-0.2, -0.15) is 0 Å². The van der Waals surface area contributed by atoms with Crippen molar-refractivity contribution in [2.24, 2.45) is 5.92 Å². The van der Waals surface area contributed by atoms with Crippen LogP contribution in [0.15, 0.2) is 66.7 Å². The van der Waals surface area contributed by atoms with Gasteiger partial charge in [0.1, 0.15) is 0 Å². The van der Waals surface area contributed by atoms with E-state index in [-0.39, 0.29) is 12.1 Å². The molecule has 0 radical (unpaired) electrons. The quantitative estimate of drug-likeness (QED) is 0.372. The molecule has 154 valence electrons. The van der Waals surface area contributed by atoms with Gasteiger partial charge in [-0.3, -0.25) is 0 Å². The van der Waals surface area contributed by atoms with Crippen LogP contribution in [0.4, 0.5) is 5.69 Å². The molecule has 0 saturated carbocycles. The topological polar surface area (TPSA) is 39.7 Å². The van der Waals surface area contributed by atoms with Crippen molar-refractivity contribution < 1.29 is 14.2 Å². The fraction of sp³-hybridized carbons (Fsp3) is 0.259. The number of hydrogen-bond donors (Lipinski definition) is 1. The van der Waals surface area contributed by atoms with E-state index in [1.807, 2.05) is 6.07 Å². The van der Waals surface area contributed by atoms with Crippen LogP contribution in [0, 0.1) is 5.92 Å². The third-order valence-corrected chi connectivity index (χ3v) is 7.08.